The van der Waals surface area contributed by atoms with Crippen LogP contribution in [0.15, 0.2) is 53.4 Å². The molecule has 1 fully saturated rings. The zero-order valence-electron chi connectivity index (χ0n) is 15.4. The van der Waals surface area contributed by atoms with Crippen LogP contribution in [0.3, 0.4) is 0 Å². The van der Waals surface area contributed by atoms with Crippen LogP contribution in [0.1, 0.15) is 28.8 Å². The molecule has 1 aliphatic rings. The molecule has 0 bridgehead atoms. The third kappa shape index (κ3) is 5.31. The van der Waals surface area contributed by atoms with E-state index in [1.165, 1.54) is 18.2 Å². The molecule has 150 valence electrons. The van der Waals surface area contributed by atoms with Crippen molar-refractivity contribution < 1.29 is 23.1 Å². The molecule has 0 aromatic heterocycles. The number of ether oxygens (including phenoxy) is 1. The van der Waals surface area contributed by atoms with E-state index in [1.807, 2.05) is 30.3 Å². The summed E-state index contributed by atoms with van der Waals surface area (Å²) in [4.78, 5) is 11.2. The highest BCUT2D eigenvalue weighted by molar-refractivity contribution is 7.89. The number of carboxylic acids is 1. The van der Waals surface area contributed by atoms with Gasteiger partial charge in [0.25, 0.3) is 0 Å². The predicted octanol–water partition coefficient (Wildman–Crippen LogP) is 2.50. The van der Waals surface area contributed by atoms with Crippen LogP contribution in [0.4, 0.5) is 5.69 Å². The maximum atomic E-state index is 12.8. The molecular formula is C20H24N2O5S. The van der Waals surface area contributed by atoms with E-state index < -0.39 is 16.0 Å². The van der Waals surface area contributed by atoms with Crippen LogP contribution in [0.5, 0.6) is 0 Å². The summed E-state index contributed by atoms with van der Waals surface area (Å²) in [5, 5.41) is 12.4. The van der Waals surface area contributed by atoms with Gasteiger partial charge in [-0.25, -0.2) is 17.9 Å². The number of carbonyl (C=O) groups is 1. The molecule has 0 aliphatic carbocycles. The van der Waals surface area contributed by atoms with Gasteiger partial charge in [0.05, 0.1) is 17.4 Å². The van der Waals surface area contributed by atoms with Crippen molar-refractivity contribution in [1.29, 1.82) is 0 Å². The Labute approximate surface area is 164 Å². The first-order chi connectivity index (χ1) is 13.5. The van der Waals surface area contributed by atoms with E-state index in [9.17, 15) is 18.3 Å². The maximum absolute atomic E-state index is 12.8. The van der Waals surface area contributed by atoms with Crippen molar-refractivity contribution in [2.45, 2.75) is 30.3 Å². The van der Waals surface area contributed by atoms with E-state index in [4.69, 9.17) is 4.74 Å². The number of carboxylic acid groups (broad SMARTS) is 1. The molecule has 0 unspecified atom stereocenters. The van der Waals surface area contributed by atoms with Crippen LogP contribution in [0.25, 0.3) is 0 Å². The fourth-order valence-corrected chi connectivity index (χ4v) is 4.37. The third-order valence-corrected chi connectivity index (χ3v) is 6.08. The zero-order valence-corrected chi connectivity index (χ0v) is 16.2. The van der Waals surface area contributed by atoms with E-state index in [0.717, 1.165) is 18.4 Å². The SMILES string of the molecule is O=C(O)c1ccc(NCCc2ccccc2)c(S(=O)(=O)NC[C@H]2CCCO2)c1. The standard InChI is InChI=1S/C20H24N2O5S/c23-20(24)16-8-9-18(21-11-10-15-5-2-1-3-6-15)19(13-16)28(25,26)22-14-17-7-4-12-27-17/h1-3,5-6,8-9,13,17,21-22H,4,7,10-12,14H2,(H,23,24)/t17-/m1/s1. The number of benzene rings is 2. The lowest BCUT2D eigenvalue weighted by Crippen LogP contribution is -2.32. The maximum Gasteiger partial charge on any atom is 0.335 e. The minimum absolute atomic E-state index is 0.0709. The number of hydrogen-bond donors (Lipinski definition) is 3. The number of hydrogen-bond acceptors (Lipinski definition) is 5. The summed E-state index contributed by atoms with van der Waals surface area (Å²) in [5.74, 6) is -1.17. The molecule has 0 amide bonds. The Morgan fingerprint density at radius 1 is 1.18 bits per heavy atom. The quantitative estimate of drug-likeness (QED) is 0.593. The summed E-state index contributed by atoms with van der Waals surface area (Å²) in [7, 11) is -3.89. The van der Waals surface area contributed by atoms with E-state index in [2.05, 4.69) is 10.0 Å². The van der Waals surface area contributed by atoms with Gasteiger partial charge < -0.3 is 15.2 Å². The van der Waals surface area contributed by atoms with Gasteiger partial charge in [-0.15, -0.1) is 0 Å². The van der Waals surface area contributed by atoms with Crippen LogP contribution < -0.4 is 10.0 Å². The van der Waals surface area contributed by atoms with E-state index >= 15 is 0 Å². The average molecular weight is 404 g/mol. The molecule has 0 radical (unpaired) electrons. The Morgan fingerprint density at radius 2 is 1.96 bits per heavy atom. The van der Waals surface area contributed by atoms with Gasteiger partial charge in [0.2, 0.25) is 10.0 Å². The van der Waals surface area contributed by atoms with Crippen molar-refractivity contribution >= 4 is 21.7 Å². The van der Waals surface area contributed by atoms with E-state index in [0.29, 0.717) is 25.3 Å². The highest BCUT2D eigenvalue weighted by Gasteiger charge is 2.23. The van der Waals surface area contributed by atoms with Gasteiger partial charge in [-0.1, -0.05) is 30.3 Å². The van der Waals surface area contributed by atoms with Crippen molar-refractivity contribution in [3.63, 3.8) is 0 Å². The lowest BCUT2D eigenvalue weighted by molar-refractivity contribution is 0.0696. The Bertz CT molecular complexity index is 909. The Kier molecular flexibility index (Phi) is 6.66. The fourth-order valence-electron chi connectivity index (χ4n) is 3.10. The molecule has 2 aromatic rings. The first kappa shape index (κ1) is 20.3. The molecule has 3 N–H and O–H groups in total. The van der Waals surface area contributed by atoms with Crippen LogP contribution in [0.2, 0.25) is 0 Å². The molecule has 7 nitrogen and oxygen atoms in total. The van der Waals surface area contributed by atoms with E-state index in [1.54, 1.807) is 0 Å². The molecule has 1 aliphatic heterocycles. The Balaban J connectivity index is 1.75. The number of anilines is 1. The largest absolute Gasteiger partial charge is 0.478 e. The first-order valence-electron chi connectivity index (χ1n) is 9.22. The lowest BCUT2D eigenvalue weighted by Gasteiger charge is -2.16. The molecular weight excluding hydrogens is 380 g/mol. The van der Waals surface area contributed by atoms with Crippen LogP contribution in [-0.4, -0.2) is 45.3 Å². The van der Waals surface area contributed by atoms with Crippen molar-refractivity contribution in [2.75, 3.05) is 25.0 Å². The highest BCUT2D eigenvalue weighted by Crippen LogP contribution is 2.23. The van der Waals surface area contributed by atoms with Gasteiger partial charge in [-0.2, -0.15) is 0 Å². The topological polar surface area (TPSA) is 105 Å². The van der Waals surface area contributed by atoms with Gasteiger partial charge in [-0.3, -0.25) is 0 Å². The normalized spacial score (nSPS) is 16.8. The van der Waals surface area contributed by atoms with Crippen LogP contribution >= 0.6 is 0 Å². The smallest absolute Gasteiger partial charge is 0.335 e. The predicted molar refractivity (Wildman–Crippen MR) is 106 cm³/mol. The van der Waals surface area contributed by atoms with Crippen molar-refractivity contribution in [2.24, 2.45) is 0 Å². The minimum Gasteiger partial charge on any atom is -0.478 e. The molecule has 28 heavy (non-hydrogen) atoms. The second-order valence-electron chi connectivity index (χ2n) is 6.67. The average Bonchev–Trinajstić information content (AvgIpc) is 3.21. The molecule has 2 aromatic carbocycles. The van der Waals surface area contributed by atoms with Crippen molar-refractivity contribution in [3.05, 3.63) is 59.7 Å². The lowest BCUT2D eigenvalue weighted by atomic mass is 10.1. The van der Waals surface area contributed by atoms with Gasteiger partial charge in [0.15, 0.2) is 0 Å². The van der Waals surface area contributed by atoms with E-state index in [-0.39, 0.29) is 23.1 Å². The minimum atomic E-state index is -3.89. The number of aromatic carboxylic acids is 1. The van der Waals surface area contributed by atoms with Gasteiger partial charge in [-0.05, 0) is 43.0 Å². The molecule has 1 atom stereocenters. The number of rotatable bonds is 9. The molecule has 1 saturated heterocycles. The highest BCUT2D eigenvalue weighted by atomic mass is 32.2. The summed E-state index contributed by atoms with van der Waals surface area (Å²) in [6.45, 7) is 1.32. The third-order valence-electron chi connectivity index (χ3n) is 4.62. The first-order valence-corrected chi connectivity index (χ1v) is 10.7. The molecule has 1 heterocycles. The summed E-state index contributed by atoms with van der Waals surface area (Å²) in [5.41, 5.74) is 1.42. The second kappa shape index (κ2) is 9.18. The van der Waals surface area contributed by atoms with Crippen LogP contribution in [0, 0.1) is 0 Å². The number of sulfonamides is 1. The fraction of sp³-hybridized carbons (Fsp3) is 0.350. The van der Waals surface area contributed by atoms with Gasteiger partial charge in [0, 0.05) is 19.7 Å². The summed E-state index contributed by atoms with van der Waals surface area (Å²) < 4.78 is 33.6. The van der Waals surface area contributed by atoms with Gasteiger partial charge >= 0.3 is 5.97 Å². The molecule has 0 spiro atoms. The van der Waals surface area contributed by atoms with Crippen molar-refractivity contribution in [3.8, 4) is 0 Å². The summed E-state index contributed by atoms with van der Waals surface area (Å²) in [6.07, 6.45) is 2.28. The monoisotopic (exact) mass is 404 g/mol. The Morgan fingerprint density at radius 3 is 2.64 bits per heavy atom. The molecule has 3 rings (SSSR count). The van der Waals surface area contributed by atoms with Gasteiger partial charge in [0.1, 0.15) is 4.90 Å². The molecule has 0 saturated carbocycles. The Hall–Kier alpha value is -2.42. The molecule has 8 heteroatoms. The van der Waals surface area contributed by atoms with Crippen molar-refractivity contribution in [1.82, 2.24) is 4.72 Å². The summed E-state index contributed by atoms with van der Waals surface area (Å²) in [6, 6.07) is 13.9. The second-order valence-corrected chi connectivity index (χ2v) is 8.40. The van der Waals surface area contributed by atoms with Crippen LogP contribution in [-0.2, 0) is 21.2 Å². The zero-order chi connectivity index (χ0) is 20.0. The summed E-state index contributed by atoms with van der Waals surface area (Å²) >= 11 is 0. The number of nitrogens with one attached hydrogen (secondary N) is 2.